The molecule has 2 rings (SSSR count). The van der Waals surface area contributed by atoms with Crippen LogP contribution in [0.4, 0.5) is 0 Å². The second-order valence-electron chi connectivity index (χ2n) is 6.22. The van der Waals surface area contributed by atoms with Crippen molar-refractivity contribution in [3.8, 4) is 5.75 Å². The number of nitrogens with zero attached hydrogens (tertiary/aromatic N) is 1. The Bertz CT molecular complexity index is 400. The Hall–Kier alpha value is -1.06. The maximum Gasteiger partial charge on any atom is 0.118 e. The summed E-state index contributed by atoms with van der Waals surface area (Å²) in [4.78, 5) is 2.48. The lowest BCUT2D eigenvalue weighted by atomic mass is 9.88. The van der Waals surface area contributed by atoms with Gasteiger partial charge in [-0.2, -0.15) is 0 Å². The maximum atomic E-state index is 5.20. The van der Waals surface area contributed by atoms with Crippen molar-refractivity contribution in [3.05, 3.63) is 29.8 Å². The number of rotatable bonds is 4. The zero-order chi connectivity index (χ0) is 13.9. The van der Waals surface area contributed by atoms with E-state index in [1.54, 1.807) is 7.11 Å². The van der Waals surface area contributed by atoms with E-state index in [0.29, 0.717) is 6.04 Å². The first-order valence-corrected chi connectivity index (χ1v) is 7.08. The Balaban J connectivity index is 1.94. The predicted octanol–water partition coefficient (Wildman–Crippen LogP) is 2.66. The third-order valence-electron chi connectivity index (χ3n) is 4.04. The average Bonchev–Trinajstić information content (AvgIpc) is 2.38. The minimum atomic E-state index is 0.261. The first-order valence-electron chi connectivity index (χ1n) is 7.08. The molecule has 0 spiro atoms. The maximum absolute atomic E-state index is 5.20. The van der Waals surface area contributed by atoms with E-state index in [-0.39, 0.29) is 5.54 Å². The van der Waals surface area contributed by atoms with Gasteiger partial charge < -0.3 is 10.1 Å². The van der Waals surface area contributed by atoms with Crippen molar-refractivity contribution in [3.63, 3.8) is 0 Å². The molecule has 0 aromatic heterocycles. The standard InChI is InChI=1S/C16H26N2O/c1-16(2)11-14(9-10-17-16)18(3)12-13-5-7-15(19-4)8-6-13/h5-8,14,17H,9-12H2,1-4H3. The quantitative estimate of drug-likeness (QED) is 0.903. The van der Waals surface area contributed by atoms with Gasteiger partial charge in [-0.3, -0.25) is 4.90 Å². The van der Waals surface area contributed by atoms with E-state index in [4.69, 9.17) is 4.74 Å². The number of hydrogen-bond acceptors (Lipinski definition) is 3. The van der Waals surface area contributed by atoms with E-state index in [9.17, 15) is 0 Å². The number of hydrogen-bond donors (Lipinski definition) is 1. The minimum Gasteiger partial charge on any atom is -0.497 e. The summed E-state index contributed by atoms with van der Waals surface area (Å²) in [5.41, 5.74) is 1.61. The third-order valence-corrected chi connectivity index (χ3v) is 4.04. The Kier molecular flexibility index (Phi) is 4.48. The van der Waals surface area contributed by atoms with Crippen LogP contribution in [0.2, 0.25) is 0 Å². The highest BCUT2D eigenvalue weighted by Gasteiger charge is 2.29. The van der Waals surface area contributed by atoms with E-state index >= 15 is 0 Å². The van der Waals surface area contributed by atoms with Crippen LogP contribution in [-0.2, 0) is 6.54 Å². The molecule has 106 valence electrons. The highest BCUT2D eigenvalue weighted by Crippen LogP contribution is 2.23. The second-order valence-corrected chi connectivity index (χ2v) is 6.22. The molecular formula is C16H26N2O. The van der Waals surface area contributed by atoms with Crippen LogP contribution in [0.25, 0.3) is 0 Å². The summed E-state index contributed by atoms with van der Waals surface area (Å²) in [5.74, 6) is 0.925. The number of ether oxygens (including phenoxy) is 1. The van der Waals surface area contributed by atoms with E-state index in [1.165, 1.54) is 18.4 Å². The molecule has 1 heterocycles. The normalized spacial score (nSPS) is 22.5. The smallest absolute Gasteiger partial charge is 0.118 e. The molecule has 19 heavy (non-hydrogen) atoms. The van der Waals surface area contributed by atoms with Gasteiger partial charge in [-0.25, -0.2) is 0 Å². The molecule has 1 aliphatic rings. The van der Waals surface area contributed by atoms with Gasteiger partial charge in [0.2, 0.25) is 0 Å². The monoisotopic (exact) mass is 262 g/mol. The van der Waals surface area contributed by atoms with Gasteiger partial charge in [0.05, 0.1) is 7.11 Å². The van der Waals surface area contributed by atoms with Gasteiger partial charge in [-0.15, -0.1) is 0 Å². The fourth-order valence-corrected chi connectivity index (χ4v) is 2.86. The molecule has 0 aliphatic carbocycles. The van der Waals surface area contributed by atoms with Crippen molar-refractivity contribution in [2.75, 3.05) is 20.7 Å². The summed E-state index contributed by atoms with van der Waals surface area (Å²) in [5, 5.41) is 3.58. The summed E-state index contributed by atoms with van der Waals surface area (Å²) in [7, 11) is 3.94. The molecule has 0 saturated carbocycles. The fraction of sp³-hybridized carbons (Fsp3) is 0.625. The van der Waals surface area contributed by atoms with Gasteiger partial charge in [-0.1, -0.05) is 12.1 Å². The molecule has 0 amide bonds. The van der Waals surface area contributed by atoms with E-state index < -0.39 is 0 Å². The lowest BCUT2D eigenvalue weighted by molar-refractivity contribution is 0.138. The molecule has 3 heteroatoms. The predicted molar refractivity (Wildman–Crippen MR) is 79.6 cm³/mol. The molecule has 1 fully saturated rings. The molecular weight excluding hydrogens is 236 g/mol. The third kappa shape index (κ3) is 3.95. The molecule has 0 radical (unpaired) electrons. The van der Waals surface area contributed by atoms with E-state index in [2.05, 4.69) is 43.2 Å². The van der Waals surface area contributed by atoms with Crippen LogP contribution in [-0.4, -0.2) is 37.2 Å². The molecule has 1 aliphatic heterocycles. The number of nitrogens with one attached hydrogen (secondary N) is 1. The van der Waals surface area contributed by atoms with Crippen LogP contribution < -0.4 is 10.1 Å². The van der Waals surface area contributed by atoms with Crippen LogP contribution in [0.15, 0.2) is 24.3 Å². The lowest BCUT2D eigenvalue weighted by Crippen LogP contribution is -2.52. The highest BCUT2D eigenvalue weighted by atomic mass is 16.5. The number of benzene rings is 1. The summed E-state index contributed by atoms with van der Waals surface area (Å²) in [6.07, 6.45) is 2.44. The largest absolute Gasteiger partial charge is 0.497 e. The van der Waals surface area contributed by atoms with Crippen LogP contribution in [0.1, 0.15) is 32.3 Å². The molecule has 3 nitrogen and oxygen atoms in total. The summed E-state index contributed by atoms with van der Waals surface area (Å²) in [6.45, 7) is 6.70. The SMILES string of the molecule is COc1ccc(CN(C)C2CCNC(C)(C)C2)cc1. The van der Waals surface area contributed by atoms with Crippen molar-refractivity contribution in [2.24, 2.45) is 0 Å². The van der Waals surface area contributed by atoms with Crippen LogP contribution in [0, 0.1) is 0 Å². The van der Waals surface area contributed by atoms with Gasteiger partial charge in [0.25, 0.3) is 0 Å². The molecule has 1 unspecified atom stereocenters. The lowest BCUT2D eigenvalue weighted by Gasteiger charge is -2.40. The van der Waals surface area contributed by atoms with Gasteiger partial charge in [0.1, 0.15) is 5.75 Å². The molecule has 1 saturated heterocycles. The fourth-order valence-electron chi connectivity index (χ4n) is 2.86. The van der Waals surface area contributed by atoms with Crippen molar-refractivity contribution in [1.29, 1.82) is 0 Å². The van der Waals surface area contributed by atoms with Gasteiger partial charge >= 0.3 is 0 Å². The van der Waals surface area contributed by atoms with Crippen molar-refractivity contribution < 1.29 is 4.74 Å². The van der Waals surface area contributed by atoms with Crippen LogP contribution in [0.5, 0.6) is 5.75 Å². The van der Waals surface area contributed by atoms with Gasteiger partial charge in [0, 0.05) is 18.1 Å². The van der Waals surface area contributed by atoms with E-state index in [1.807, 2.05) is 12.1 Å². The summed E-state index contributed by atoms with van der Waals surface area (Å²) < 4.78 is 5.20. The summed E-state index contributed by atoms with van der Waals surface area (Å²) >= 11 is 0. The van der Waals surface area contributed by atoms with Crippen LogP contribution >= 0.6 is 0 Å². The molecule has 0 bridgehead atoms. The molecule has 1 aromatic carbocycles. The molecule has 1 aromatic rings. The molecule has 1 N–H and O–H groups in total. The van der Waals surface area contributed by atoms with E-state index in [0.717, 1.165) is 18.8 Å². The Labute approximate surface area is 116 Å². The summed E-state index contributed by atoms with van der Waals surface area (Å²) in [6, 6.07) is 9.05. The Morgan fingerprint density at radius 2 is 2.00 bits per heavy atom. The molecule has 1 atom stereocenters. The zero-order valence-electron chi connectivity index (χ0n) is 12.6. The van der Waals surface area contributed by atoms with Crippen LogP contribution in [0.3, 0.4) is 0 Å². The topological polar surface area (TPSA) is 24.5 Å². The van der Waals surface area contributed by atoms with Crippen molar-refractivity contribution in [2.45, 2.75) is 44.8 Å². The first kappa shape index (κ1) is 14.4. The Morgan fingerprint density at radius 1 is 1.32 bits per heavy atom. The van der Waals surface area contributed by atoms with Crippen molar-refractivity contribution in [1.82, 2.24) is 10.2 Å². The second kappa shape index (κ2) is 5.93. The number of methoxy groups -OCH3 is 1. The highest BCUT2D eigenvalue weighted by molar-refractivity contribution is 5.27. The van der Waals surface area contributed by atoms with Gasteiger partial charge in [0.15, 0.2) is 0 Å². The zero-order valence-corrected chi connectivity index (χ0v) is 12.6. The van der Waals surface area contributed by atoms with Crippen molar-refractivity contribution >= 4 is 0 Å². The average molecular weight is 262 g/mol. The van der Waals surface area contributed by atoms with Gasteiger partial charge in [-0.05, 0) is 58.0 Å². The minimum absolute atomic E-state index is 0.261. The number of piperidine rings is 1. The Morgan fingerprint density at radius 3 is 2.58 bits per heavy atom. The first-order chi connectivity index (χ1) is 9.00.